The average molecular weight is 1540 g/mol. The van der Waals surface area contributed by atoms with E-state index < -0.39 is 26.5 Å². The minimum Gasteiger partial charge on any atom is 0 e. The molecule has 0 saturated heterocycles. The maximum atomic E-state index is 4.90. The van der Waals surface area contributed by atoms with Gasteiger partial charge in [-0.25, -0.2) is 0 Å². The summed E-state index contributed by atoms with van der Waals surface area (Å²) in [5.74, 6) is 16.3. The van der Waals surface area contributed by atoms with E-state index in [2.05, 4.69) is 218 Å². The van der Waals surface area contributed by atoms with Crippen molar-refractivity contribution in [3.05, 3.63) is 253 Å². The minimum absolute atomic E-state index is 0. The Hall–Kier alpha value is -5.70. The predicted molar refractivity (Wildman–Crippen MR) is 340 cm³/mol. The van der Waals surface area contributed by atoms with Gasteiger partial charge >= 0.3 is 327 Å². The summed E-state index contributed by atoms with van der Waals surface area (Å²) in [6, 6.07) is 75.5. The number of aryl methyl sites for hydroxylation is 2. The zero-order valence-corrected chi connectivity index (χ0v) is 57.8. The molecule has 0 atom stereocenters. The van der Waals surface area contributed by atoms with Crippen LogP contribution in [0.3, 0.4) is 0 Å². The summed E-state index contributed by atoms with van der Waals surface area (Å²) in [7, 11) is 0. The first-order valence-electron chi connectivity index (χ1n) is 28.0. The number of rotatable bonds is 11. The molecule has 8 heteroatoms. The topological polar surface area (TPSA) is 51.6 Å². The van der Waals surface area contributed by atoms with E-state index in [0.29, 0.717) is 5.92 Å². The fourth-order valence-corrected chi connectivity index (χ4v) is 17.2. The molecule has 4 aromatic heterocycles. The second kappa shape index (κ2) is 31.1. The molecule has 0 aliphatic heterocycles. The van der Waals surface area contributed by atoms with E-state index >= 15 is 0 Å². The van der Waals surface area contributed by atoms with Gasteiger partial charge in [-0.15, -0.1) is 71.8 Å². The number of hydrogen-bond donors (Lipinski definition) is 0. The Bertz CT molecular complexity index is 3420. The zero-order chi connectivity index (χ0) is 55.8. The Morgan fingerprint density at radius 2 is 0.852 bits per heavy atom. The maximum Gasteiger partial charge on any atom is 0 e. The Morgan fingerprint density at radius 1 is 0.432 bits per heavy atom. The van der Waals surface area contributed by atoms with Gasteiger partial charge in [-0.3, -0.25) is 0 Å². The molecular weight excluding hydrogens is 1460 g/mol. The molecule has 0 spiro atoms. The van der Waals surface area contributed by atoms with Gasteiger partial charge in [0.15, 0.2) is 0 Å². The van der Waals surface area contributed by atoms with Gasteiger partial charge in [0.2, 0.25) is 0 Å². The van der Waals surface area contributed by atoms with Gasteiger partial charge < -0.3 is 9.97 Å². The van der Waals surface area contributed by atoms with Crippen LogP contribution < -0.4 is 8.79 Å². The van der Waals surface area contributed by atoms with Crippen molar-refractivity contribution in [1.29, 1.82) is 0 Å². The summed E-state index contributed by atoms with van der Waals surface area (Å²) < 4.78 is 3.20. The number of pyridine rings is 4. The van der Waals surface area contributed by atoms with E-state index in [4.69, 9.17) is 9.97 Å². The van der Waals surface area contributed by atoms with Crippen molar-refractivity contribution in [1.82, 2.24) is 19.9 Å². The molecular formula is C73H76Ge2Ir2N4-4. The van der Waals surface area contributed by atoms with Gasteiger partial charge in [-0.1, -0.05) is 23.3 Å². The van der Waals surface area contributed by atoms with Crippen LogP contribution in [0.1, 0.15) is 67.7 Å². The van der Waals surface area contributed by atoms with Crippen LogP contribution in [0.15, 0.2) is 207 Å². The van der Waals surface area contributed by atoms with E-state index in [9.17, 15) is 0 Å². The van der Waals surface area contributed by atoms with E-state index in [1.54, 1.807) is 14.4 Å². The number of nitrogens with zero attached hydrogens (tertiary/aromatic N) is 4. The standard InChI is InChI=1S/C25H28GeN.C24H28GeN.2C12H10N.2Ir/c1-26(2,3)24-17-25(27-18-23(24)20-12-7-8-13-20)22-15-9-14-21(16-22)19-10-5-4-6-11-19;1-18(2)14-22-17-26-24(16-23(22)25(3,4)5)21-13-9-12-20(15-21)19-10-7-6-8-11-19;2*1-10-7-8-13-12(9-10)11-5-3-2-4-6-11;;/h4-6,9-11,14,16-18,20H,7-8,12-13H2,1-3H3;6-12,15-18H,14H2,1-5H3;2*2-5,7-9H,1H3;;/q4*-1;;. The minimum atomic E-state index is -1.99. The van der Waals surface area contributed by atoms with Crippen LogP contribution in [0.25, 0.3) is 67.3 Å². The van der Waals surface area contributed by atoms with Crippen LogP contribution in [0.4, 0.5) is 0 Å². The van der Waals surface area contributed by atoms with Crippen LogP contribution in [-0.4, -0.2) is 46.5 Å². The third-order valence-corrected chi connectivity index (χ3v) is 22.8. The molecule has 2 radical (unpaired) electrons. The summed E-state index contributed by atoms with van der Waals surface area (Å²) in [6.07, 6.45) is 14.5. The number of aromatic nitrogens is 4. The molecule has 0 amide bonds. The van der Waals surface area contributed by atoms with Crippen LogP contribution in [0, 0.1) is 44.0 Å². The van der Waals surface area contributed by atoms with Gasteiger partial charge in [0.25, 0.3) is 0 Å². The first-order valence-corrected chi connectivity index (χ1v) is 42.7. The second-order valence-corrected chi connectivity index (χ2v) is 44.3. The quantitative estimate of drug-likeness (QED) is 0.0957. The largest absolute Gasteiger partial charge is 0 e. The average Bonchev–Trinajstić information content (AvgIpc) is 4.06. The molecule has 0 unspecified atom stereocenters. The van der Waals surface area contributed by atoms with Crippen molar-refractivity contribution in [3.8, 4) is 67.3 Å². The Kier molecular flexibility index (Phi) is 24.8. The van der Waals surface area contributed by atoms with Crippen molar-refractivity contribution in [2.45, 2.75) is 100 Å². The Labute approximate surface area is 517 Å². The fraction of sp³-hybridized carbons (Fsp3) is 0.233. The van der Waals surface area contributed by atoms with Gasteiger partial charge in [-0.05, 0) is 37.4 Å². The SMILES string of the molecule is CC(C)Cc1cnc(-c2[c-]ccc(-c3ccccc3)c2)c[c]1[Ge]([CH3])([CH3])[CH3].Cc1ccnc(-c2[c-]cccc2)c1.Cc1ccnc(-c2[c-]cccc2)c1.[CH3][Ge]([CH3])([CH3])[c]1cc(-c2[c-]ccc(-c3ccccc3)c2)ncc1C1CCCC1.[Ir].[Ir]. The van der Waals surface area contributed by atoms with Crippen LogP contribution in [-0.2, 0) is 46.6 Å². The molecule has 1 aliphatic carbocycles. The van der Waals surface area contributed by atoms with Gasteiger partial charge in [0.1, 0.15) is 0 Å². The molecule has 4 nitrogen and oxygen atoms in total. The Morgan fingerprint density at radius 3 is 1.27 bits per heavy atom. The summed E-state index contributed by atoms with van der Waals surface area (Å²) >= 11 is -3.96. The molecule has 1 saturated carbocycles. The number of benzene rings is 6. The van der Waals surface area contributed by atoms with Gasteiger partial charge in [0, 0.05) is 52.6 Å². The molecule has 418 valence electrons. The molecule has 0 N–H and O–H groups in total. The third-order valence-electron chi connectivity index (χ3n) is 14.1. The van der Waals surface area contributed by atoms with Crippen molar-refractivity contribution < 1.29 is 40.2 Å². The summed E-state index contributed by atoms with van der Waals surface area (Å²) in [4.78, 5) is 18.3. The number of hydrogen-bond acceptors (Lipinski definition) is 4. The van der Waals surface area contributed by atoms with Crippen molar-refractivity contribution in [3.63, 3.8) is 0 Å². The van der Waals surface area contributed by atoms with E-state index in [1.165, 1.54) is 64.6 Å². The zero-order valence-electron chi connectivity index (χ0n) is 48.8. The molecule has 10 aromatic rings. The van der Waals surface area contributed by atoms with Crippen LogP contribution in [0.5, 0.6) is 0 Å². The molecule has 4 heterocycles. The van der Waals surface area contributed by atoms with E-state index in [-0.39, 0.29) is 40.2 Å². The first kappa shape index (κ1) is 64.5. The van der Waals surface area contributed by atoms with Gasteiger partial charge in [-0.2, -0.15) is 0 Å². The molecule has 1 aliphatic rings. The van der Waals surface area contributed by atoms with E-state index in [1.807, 2.05) is 85.2 Å². The first-order chi connectivity index (χ1) is 38.1. The van der Waals surface area contributed by atoms with Crippen molar-refractivity contribution in [2.24, 2.45) is 5.92 Å². The fourth-order valence-electron chi connectivity index (χ4n) is 10.1. The second-order valence-electron chi connectivity index (χ2n) is 23.2. The molecule has 0 bridgehead atoms. The van der Waals surface area contributed by atoms with Crippen molar-refractivity contribution in [2.75, 3.05) is 0 Å². The van der Waals surface area contributed by atoms with Crippen LogP contribution >= 0.6 is 0 Å². The van der Waals surface area contributed by atoms with Crippen molar-refractivity contribution >= 4 is 35.3 Å². The molecule has 1 fully saturated rings. The summed E-state index contributed by atoms with van der Waals surface area (Å²) in [5.41, 5.74) is 18.7. The third kappa shape index (κ3) is 18.9. The molecule has 81 heavy (non-hydrogen) atoms. The van der Waals surface area contributed by atoms with Gasteiger partial charge in [0.05, 0.1) is 0 Å². The van der Waals surface area contributed by atoms with Crippen LogP contribution in [0.2, 0.25) is 34.5 Å². The Balaban J connectivity index is 0.000000181. The predicted octanol–water partition coefficient (Wildman–Crippen LogP) is 18.1. The summed E-state index contributed by atoms with van der Waals surface area (Å²) in [6.45, 7) is 8.69. The monoisotopic (exact) mass is 1540 g/mol. The smallest absolute Gasteiger partial charge is 0 e. The molecule has 11 rings (SSSR count). The normalized spacial score (nSPS) is 12.0. The molecule has 6 aromatic carbocycles. The van der Waals surface area contributed by atoms with E-state index in [0.717, 1.165) is 57.4 Å². The summed E-state index contributed by atoms with van der Waals surface area (Å²) in [5, 5.41) is 0. The maximum absolute atomic E-state index is 4.90.